The summed E-state index contributed by atoms with van der Waals surface area (Å²) in [6.45, 7) is 2.06. The summed E-state index contributed by atoms with van der Waals surface area (Å²) in [7, 11) is -4.17. The van der Waals surface area contributed by atoms with E-state index in [1.165, 1.54) is 12.1 Å². The molecule has 0 atom stereocenters. The average Bonchev–Trinajstić information content (AvgIpc) is 2.49. The number of nitrogens with two attached hydrogens (primary N) is 1. The summed E-state index contributed by atoms with van der Waals surface area (Å²) in [6.07, 6.45) is 3.40. The minimum absolute atomic E-state index is 0.0892. The summed E-state index contributed by atoms with van der Waals surface area (Å²) in [4.78, 5) is 22.6. The van der Waals surface area contributed by atoms with Gasteiger partial charge in [0.1, 0.15) is 0 Å². The van der Waals surface area contributed by atoms with E-state index in [4.69, 9.17) is 21.8 Å². The molecular formula is C16H22ClNO5S. The molecule has 3 N–H and O–H groups in total. The molecule has 0 heterocycles. The van der Waals surface area contributed by atoms with Gasteiger partial charge in [0.15, 0.2) is 5.78 Å². The quantitative estimate of drug-likeness (QED) is 0.481. The van der Waals surface area contributed by atoms with Crippen molar-refractivity contribution in [3.63, 3.8) is 0 Å². The lowest BCUT2D eigenvalue weighted by Gasteiger charge is -2.14. The van der Waals surface area contributed by atoms with Crippen LogP contribution in [0, 0.1) is 0 Å². The summed E-state index contributed by atoms with van der Waals surface area (Å²) in [5.41, 5.74) is 0.241. The first-order chi connectivity index (χ1) is 11.2. The average molecular weight is 376 g/mol. The Morgan fingerprint density at radius 1 is 1.17 bits per heavy atom. The zero-order valence-corrected chi connectivity index (χ0v) is 15.1. The van der Waals surface area contributed by atoms with Crippen LogP contribution in [0.3, 0.4) is 0 Å². The van der Waals surface area contributed by atoms with Crippen molar-refractivity contribution in [3.8, 4) is 0 Å². The van der Waals surface area contributed by atoms with Gasteiger partial charge in [-0.15, -0.1) is 0 Å². The molecular weight excluding hydrogens is 354 g/mol. The van der Waals surface area contributed by atoms with E-state index in [1.54, 1.807) is 0 Å². The van der Waals surface area contributed by atoms with Gasteiger partial charge in [0.2, 0.25) is 10.0 Å². The molecule has 0 aliphatic carbocycles. The number of hydrogen-bond acceptors (Lipinski definition) is 4. The summed E-state index contributed by atoms with van der Waals surface area (Å²) >= 11 is 6.13. The van der Waals surface area contributed by atoms with E-state index < -0.39 is 21.8 Å². The van der Waals surface area contributed by atoms with E-state index in [0.29, 0.717) is 12.0 Å². The maximum atomic E-state index is 12.2. The predicted octanol–water partition coefficient (Wildman–Crippen LogP) is 3.16. The summed E-state index contributed by atoms with van der Waals surface area (Å²) in [5.74, 6) is -1.71. The smallest absolute Gasteiger partial charge is 0.303 e. The Bertz CT molecular complexity index is 715. The van der Waals surface area contributed by atoms with Crippen molar-refractivity contribution in [1.29, 1.82) is 0 Å². The molecule has 0 saturated carbocycles. The van der Waals surface area contributed by atoms with E-state index in [-0.39, 0.29) is 28.3 Å². The van der Waals surface area contributed by atoms with Gasteiger partial charge in [-0.2, -0.15) is 0 Å². The number of rotatable bonds is 10. The maximum Gasteiger partial charge on any atom is 0.303 e. The molecule has 1 aromatic carbocycles. The highest BCUT2D eigenvalue weighted by atomic mass is 35.5. The third-order valence-corrected chi connectivity index (χ3v) is 5.02. The first kappa shape index (κ1) is 20.6. The Kier molecular flexibility index (Phi) is 7.86. The molecule has 0 saturated heterocycles. The molecule has 8 heteroatoms. The number of sulfonamides is 1. The van der Waals surface area contributed by atoms with Gasteiger partial charge in [-0.25, -0.2) is 13.6 Å². The molecule has 24 heavy (non-hydrogen) atoms. The topological polar surface area (TPSA) is 115 Å². The number of carboxylic acids is 1. The number of benzene rings is 1. The number of aliphatic carboxylic acids is 1. The van der Waals surface area contributed by atoms with Gasteiger partial charge < -0.3 is 5.11 Å². The fraction of sp³-hybridized carbons (Fsp3) is 0.500. The van der Waals surface area contributed by atoms with Crippen molar-refractivity contribution >= 4 is 33.4 Å². The van der Waals surface area contributed by atoms with Crippen molar-refractivity contribution < 1.29 is 23.1 Å². The molecule has 1 aromatic rings. The van der Waals surface area contributed by atoms with E-state index in [9.17, 15) is 18.0 Å². The number of carboxylic acid groups (broad SMARTS) is 1. The van der Waals surface area contributed by atoms with Gasteiger partial charge in [-0.3, -0.25) is 9.59 Å². The van der Waals surface area contributed by atoms with Crippen molar-refractivity contribution in [3.05, 3.63) is 28.3 Å². The molecule has 0 fully saturated rings. The van der Waals surface area contributed by atoms with Crippen LogP contribution in [0.1, 0.15) is 61.4 Å². The van der Waals surface area contributed by atoms with Crippen LogP contribution in [0.15, 0.2) is 17.0 Å². The van der Waals surface area contributed by atoms with Gasteiger partial charge in [-0.1, -0.05) is 37.8 Å². The van der Waals surface area contributed by atoms with Gasteiger partial charge in [0, 0.05) is 17.0 Å². The fourth-order valence-electron chi connectivity index (χ4n) is 2.46. The predicted molar refractivity (Wildman–Crippen MR) is 91.9 cm³/mol. The highest BCUT2D eigenvalue weighted by molar-refractivity contribution is 7.89. The molecule has 6 nitrogen and oxygen atoms in total. The Morgan fingerprint density at radius 2 is 1.83 bits per heavy atom. The van der Waals surface area contributed by atoms with Crippen LogP contribution in [0.5, 0.6) is 0 Å². The molecule has 1 rings (SSSR count). The standard InChI is InChI=1S/C16H22ClNO5S/c1-2-3-4-5-6-11-13(17)8-7-12(16(11)24(18,22)23)14(19)9-10-15(20)21/h7-8H,2-6,9-10H2,1H3,(H,20,21)(H2,18,22,23). The van der Waals surface area contributed by atoms with Crippen LogP contribution in [-0.2, 0) is 21.2 Å². The number of primary sulfonamides is 1. The normalized spacial score (nSPS) is 11.5. The molecule has 0 bridgehead atoms. The number of carbonyl (C=O) groups is 2. The Labute approximate surface area is 147 Å². The maximum absolute atomic E-state index is 12.2. The monoisotopic (exact) mass is 375 g/mol. The van der Waals surface area contributed by atoms with Crippen molar-refractivity contribution in [2.75, 3.05) is 0 Å². The molecule has 0 amide bonds. The first-order valence-corrected chi connectivity index (χ1v) is 9.70. The summed E-state index contributed by atoms with van der Waals surface area (Å²) in [6, 6.07) is 2.75. The second kappa shape index (κ2) is 9.15. The number of carbonyl (C=O) groups excluding carboxylic acids is 1. The van der Waals surface area contributed by atoms with E-state index in [2.05, 4.69) is 6.92 Å². The first-order valence-electron chi connectivity index (χ1n) is 7.77. The minimum atomic E-state index is -4.17. The third kappa shape index (κ3) is 5.89. The molecule has 0 aliphatic rings. The number of halogens is 1. The lowest BCUT2D eigenvalue weighted by atomic mass is 10.00. The molecule has 0 unspecified atom stereocenters. The second-order valence-electron chi connectivity index (χ2n) is 5.58. The van der Waals surface area contributed by atoms with Crippen molar-refractivity contribution in [2.45, 2.75) is 56.8 Å². The lowest BCUT2D eigenvalue weighted by Crippen LogP contribution is -2.20. The van der Waals surface area contributed by atoms with E-state index in [1.807, 2.05) is 0 Å². The zero-order valence-electron chi connectivity index (χ0n) is 13.5. The lowest BCUT2D eigenvalue weighted by molar-refractivity contribution is -0.136. The van der Waals surface area contributed by atoms with Gasteiger partial charge in [-0.05, 0) is 30.5 Å². The van der Waals surface area contributed by atoms with Gasteiger partial charge in [0.25, 0.3) is 0 Å². The van der Waals surface area contributed by atoms with Crippen molar-refractivity contribution in [1.82, 2.24) is 0 Å². The number of ketones is 1. The zero-order chi connectivity index (χ0) is 18.3. The van der Waals surface area contributed by atoms with Crippen LogP contribution in [-0.4, -0.2) is 25.3 Å². The van der Waals surface area contributed by atoms with E-state index in [0.717, 1.165) is 25.7 Å². The molecule has 0 spiro atoms. The fourth-order valence-corrected chi connectivity index (χ4v) is 3.82. The van der Waals surface area contributed by atoms with Crippen molar-refractivity contribution in [2.24, 2.45) is 5.14 Å². The largest absolute Gasteiger partial charge is 0.481 e. The Hall–Kier alpha value is -1.44. The minimum Gasteiger partial charge on any atom is -0.481 e. The van der Waals surface area contributed by atoms with Crippen LogP contribution in [0.2, 0.25) is 5.02 Å². The van der Waals surface area contributed by atoms with Crippen LogP contribution >= 0.6 is 11.6 Å². The summed E-state index contributed by atoms with van der Waals surface area (Å²) in [5, 5.41) is 14.2. The molecule has 0 radical (unpaired) electrons. The molecule has 134 valence electrons. The Balaban J connectivity index is 3.24. The van der Waals surface area contributed by atoms with Gasteiger partial charge in [0.05, 0.1) is 11.3 Å². The second-order valence-corrected chi connectivity index (χ2v) is 7.48. The van der Waals surface area contributed by atoms with E-state index >= 15 is 0 Å². The van der Waals surface area contributed by atoms with Crippen LogP contribution < -0.4 is 5.14 Å². The SMILES string of the molecule is CCCCCCc1c(Cl)ccc(C(=O)CCC(=O)O)c1S(N)(=O)=O. The van der Waals surface area contributed by atoms with Crippen LogP contribution in [0.25, 0.3) is 0 Å². The Morgan fingerprint density at radius 3 is 2.38 bits per heavy atom. The highest BCUT2D eigenvalue weighted by Gasteiger charge is 2.25. The molecule has 0 aliphatic heterocycles. The highest BCUT2D eigenvalue weighted by Crippen LogP contribution is 2.30. The van der Waals surface area contributed by atoms with Crippen LogP contribution in [0.4, 0.5) is 0 Å². The third-order valence-electron chi connectivity index (χ3n) is 3.63. The number of unbranched alkanes of at least 4 members (excludes halogenated alkanes) is 3. The molecule has 0 aromatic heterocycles. The summed E-state index contributed by atoms with van der Waals surface area (Å²) < 4.78 is 24.0. The number of hydrogen-bond donors (Lipinski definition) is 2. The van der Waals surface area contributed by atoms with Gasteiger partial charge >= 0.3 is 5.97 Å². The number of Topliss-reactive ketones (excluding diaryl/α,β-unsaturated/α-hetero) is 1.